The molecule has 0 radical (unpaired) electrons. The number of pyridine rings is 1. The van der Waals surface area contributed by atoms with Gasteiger partial charge in [-0.15, -0.1) is 0 Å². The zero-order valence-corrected chi connectivity index (χ0v) is 14.4. The van der Waals surface area contributed by atoms with Crippen molar-refractivity contribution in [3.63, 3.8) is 0 Å². The maximum atomic E-state index is 6.01. The lowest BCUT2D eigenvalue weighted by molar-refractivity contribution is -0.607. The lowest BCUT2D eigenvalue weighted by atomic mass is 10.1. The summed E-state index contributed by atoms with van der Waals surface area (Å²) in [7, 11) is 3.34. The van der Waals surface area contributed by atoms with E-state index in [1.807, 2.05) is 36.4 Å². The van der Waals surface area contributed by atoms with Crippen molar-refractivity contribution in [1.82, 2.24) is 0 Å². The Morgan fingerprint density at radius 3 is 2.22 bits per heavy atom. The molecular formula is C19H19ClNO2+. The molecule has 0 aliphatic heterocycles. The van der Waals surface area contributed by atoms with Crippen LogP contribution in [-0.4, -0.2) is 14.2 Å². The van der Waals surface area contributed by atoms with Gasteiger partial charge in [-0.2, -0.15) is 4.57 Å². The van der Waals surface area contributed by atoms with Gasteiger partial charge in [0.05, 0.1) is 19.6 Å². The topological polar surface area (TPSA) is 22.3 Å². The van der Waals surface area contributed by atoms with Crippen LogP contribution in [0.15, 0.2) is 42.5 Å². The van der Waals surface area contributed by atoms with Gasteiger partial charge in [-0.25, -0.2) is 0 Å². The quantitative estimate of drug-likeness (QED) is 0.665. The second-order valence-corrected chi connectivity index (χ2v) is 5.91. The van der Waals surface area contributed by atoms with E-state index in [1.165, 1.54) is 0 Å². The zero-order valence-electron chi connectivity index (χ0n) is 13.7. The third kappa shape index (κ3) is 2.73. The number of hydrogen-bond donors (Lipinski definition) is 0. The summed E-state index contributed by atoms with van der Waals surface area (Å²) in [5, 5.41) is 2.91. The number of methoxy groups -OCH3 is 2. The van der Waals surface area contributed by atoms with E-state index in [1.54, 1.807) is 14.2 Å². The second kappa shape index (κ2) is 6.09. The number of aryl methyl sites for hydroxylation is 2. The third-order valence-corrected chi connectivity index (χ3v) is 4.31. The van der Waals surface area contributed by atoms with Crippen molar-refractivity contribution in [3.8, 4) is 17.2 Å². The van der Waals surface area contributed by atoms with Crippen molar-refractivity contribution in [3.05, 3.63) is 58.9 Å². The first-order valence-electron chi connectivity index (χ1n) is 7.39. The second-order valence-electron chi connectivity index (χ2n) is 5.48. The van der Waals surface area contributed by atoms with Crippen LogP contribution in [0.25, 0.3) is 16.5 Å². The van der Waals surface area contributed by atoms with E-state index >= 15 is 0 Å². The summed E-state index contributed by atoms with van der Waals surface area (Å²) in [6.07, 6.45) is 0. The average Bonchev–Trinajstić information content (AvgIpc) is 2.55. The molecule has 0 unspecified atom stereocenters. The fraction of sp³-hybridized carbons (Fsp3) is 0.211. The van der Waals surface area contributed by atoms with Gasteiger partial charge < -0.3 is 9.47 Å². The van der Waals surface area contributed by atoms with Crippen LogP contribution < -0.4 is 14.0 Å². The molecule has 4 heteroatoms. The summed E-state index contributed by atoms with van der Waals surface area (Å²) in [6, 6.07) is 13.9. The van der Waals surface area contributed by atoms with E-state index in [9.17, 15) is 0 Å². The Bertz CT molecular complexity index is 873. The normalized spacial score (nSPS) is 10.8. The maximum absolute atomic E-state index is 6.01. The van der Waals surface area contributed by atoms with Gasteiger partial charge in [-0.3, -0.25) is 0 Å². The third-order valence-electron chi connectivity index (χ3n) is 4.06. The molecule has 0 amide bonds. The first-order valence-corrected chi connectivity index (χ1v) is 7.77. The van der Waals surface area contributed by atoms with Gasteiger partial charge in [0.25, 0.3) is 0 Å². The Morgan fingerprint density at radius 1 is 0.913 bits per heavy atom. The van der Waals surface area contributed by atoms with Crippen molar-refractivity contribution in [2.75, 3.05) is 14.2 Å². The fourth-order valence-corrected chi connectivity index (χ4v) is 3.17. The molecule has 0 aliphatic carbocycles. The number of halogens is 1. The highest BCUT2D eigenvalue weighted by Gasteiger charge is 2.21. The van der Waals surface area contributed by atoms with Crippen molar-refractivity contribution in [2.45, 2.75) is 13.8 Å². The molecule has 1 aromatic heterocycles. The van der Waals surface area contributed by atoms with Crippen LogP contribution in [0, 0.1) is 13.8 Å². The molecule has 2 aromatic carbocycles. The van der Waals surface area contributed by atoms with E-state index in [2.05, 4.69) is 24.5 Å². The molecule has 1 heterocycles. The number of nitrogens with zero attached hydrogens (tertiary/aromatic N) is 1. The highest BCUT2D eigenvalue weighted by atomic mass is 35.5. The van der Waals surface area contributed by atoms with Gasteiger partial charge in [0.1, 0.15) is 11.5 Å². The van der Waals surface area contributed by atoms with Gasteiger partial charge in [0.15, 0.2) is 11.4 Å². The number of rotatable bonds is 3. The van der Waals surface area contributed by atoms with Crippen LogP contribution in [-0.2, 0) is 0 Å². The summed E-state index contributed by atoms with van der Waals surface area (Å²) in [5.41, 5.74) is 3.32. The van der Waals surface area contributed by atoms with E-state index in [4.69, 9.17) is 21.1 Å². The zero-order chi connectivity index (χ0) is 16.6. The van der Waals surface area contributed by atoms with Crippen LogP contribution in [0.5, 0.6) is 11.5 Å². The predicted octanol–water partition coefficient (Wildman–Crippen LogP) is 4.40. The van der Waals surface area contributed by atoms with Crippen molar-refractivity contribution in [1.29, 1.82) is 0 Å². The van der Waals surface area contributed by atoms with Crippen molar-refractivity contribution < 1.29 is 14.0 Å². The minimum atomic E-state index is 0.729. The Balaban J connectivity index is 2.34. The lowest BCUT2D eigenvalue weighted by Crippen LogP contribution is -2.37. The minimum absolute atomic E-state index is 0.729. The highest BCUT2D eigenvalue weighted by Crippen LogP contribution is 2.33. The first-order chi connectivity index (χ1) is 11.0. The van der Waals surface area contributed by atoms with E-state index in [0.717, 1.165) is 44.4 Å². The number of hydrogen-bond acceptors (Lipinski definition) is 2. The summed E-state index contributed by atoms with van der Waals surface area (Å²) in [4.78, 5) is 0. The molecule has 0 atom stereocenters. The summed E-state index contributed by atoms with van der Waals surface area (Å²) in [5.74, 6) is 1.59. The Hall–Kier alpha value is -2.26. The monoisotopic (exact) mass is 328 g/mol. The largest absolute Gasteiger partial charge is 0.497 e. The highest BCUT2D eigenvalue weighted by molar-refractivity contribution is 6.30. The fourth-order valence-electron chi connectivity index (χ4n) is 3.04. The number of aromatic nitrogens is 1. The van der Waals surface area contributed by atoms with Gasteiger partial charge in [0.2, 0.25) is 5.69 Å². The molecule has 23 heavy (non-hydrogen) atoms. The van der Waals surface area contributed by atoms with Crippen molar-refractivity contribution >= 4 is 22.4 Å². The van der Waals surface area contributed by atoms with E-state index < -0.39 is 0 Å². The molecule has 3 rings (SSSR count). The molecule has 3 aromatic rings. The summed E-state index contributed by atoms with van der Waals surface area (Å²) >= 11 is 6.01. The Morgan fingerprint density at radius 2 is 1.61 bits per heavy atom. The summed E-state index contributed by atoms with van der Waals surface area (Å²) in [6.45, 7) is 4.19. The minimum Gasteiger partial charge on any atom is -0.497 e. The van der Waals surface area contributed by atoms with E-state index in [0.29, 0.717) is 0 Å². The molecule has 0 saturated heterocycles. The molecule has 0 aliphatic rings. The van der Waals surface area contributed by atoms with Crippen LogP contribution in [0.3, 0.4) is 0 Å². The molecule has 0 spiro atoms. The van der Waals surface area contributed by atoms with Gasteiger partial charge >= 0.3 is 0 Å². The number of fused-ring (bicyclic) bond motifs is 1. The van der Waals surface area contributed by atoms with Crippen LogP contribution in [0.4, 0.5) is 0 Å². The standard InChI is InChI=1S/C19H19ClNO2/c1-12-9-14-10-17(22-3)11-18(23-4)19(14)13(2)21(12)16-7-5-15(20)6-8-16/h5-11H,1-4H3/q+1. The summed E-state index contributed by atoms with van der Waals surface area (Å²) < 4.78 is 13.2. The number of ether oxygens (including phenoxy) is 2. The smallest absolute Gasteiger partial charge is 0.211 e. The molecule has 0 bridgehead atoms. The van der Waals surface area contributed by atoms with Gasteiger partial charge in [-0.05, 0) is 18.2 Å². The first kappa shape index (κ1) is 15.6. The van der Waals surface area contributed by atoms with Crippen LogP contribution >= 0.6 is 11.6 Å². The van der Waals surface area contributed by atoms with Crippen molar-refractivity contribution in [2.24, 2.45) is 0 Å². The lowest BCUT2D eigenvalue weighted by Gasteiger charge is -2.12. The molecule has 0 saturated carbocycles. The van der Waals surface area contributed by atoms with E-state index in [-0.39, 0.29) is 0 Å². The molecular weight excluding hydrogens is 310 g/mol. The number of benzene rings is 2. The maximum Gasteiger partial charge on any atom is 0.211 e. The van der Waals surface area contributed by atoms with Gasteiger partial charge in [0, 0.05) is 48.5 Å². The van der Waals surface area contributed by atoms with Crippen LogP contribution in [0.1, 0.15) is 11.4 Å². The van der Waals surface area contributed by atoms with Crippen LogP contribution in [0.2, 0.25) is 5.02 Å². The average molecular weight is 329 g/mol. The molecule has 118 valence electrons. The SMILES string of the molecule is COc1cc(OC)c2c(C)[n+](-c3ccc(Cl)cc3)c(C)cc2c1. The molecule has 0 N–H and O–H groups in total. The predicted molar refractivity (Wildman–Crippen MR) is 93.1 cm³/mol. The Labute approximate surface area is 141 Å². The molecule has 0 fully saturated rings. The van der Waals surface area contributed by atoms with Gasteiger partial charge in [-0.1, -0.05) is 11.6 Å². The molecule has 3 nitrogen and oxygen atoms in total. The Kier molecular flexibility index (Phi) is 4.14.